The van der Waals surface area contributed by atoms with Crippen LogP contribution < -0.4 is 4.74 Å². The van der Waals surface area contributed by atoms with Crippen molar-refractivity contribution in [1.29, 1.82) is 5.26 Å². The highest BCUT2D eigenvalue weighted by Gasteiger charge is 2.13. The first-order valence-electron chi connectivity index (χ1n) is 4.89. The maximum atomic E-state index is 10.6. The van der Waals surface area contributed by atoms with Crippen molar-refractivity contribution in [3.63, 3.8) is 0 Å². The van der Waals surface area contributed by atoms with Gasteiger partial charge in [0.15, 0.2) is 6.10 Å². The number of aryl methyl sites for hydroxylation is 1. The van der Waals surface area contributed by atoms with Crippen LogP contribution >= 0.6 is 0 Å². The third-order valence-corrected chi connectivity index (χ3v) is 2.17. The number of benzene rings is 1. The minimum absolute atomic E-state index is 0.0339. The Hall–Kier alpha value is -2.09. The number of hydrogen-bond donors (Lipinski definition) is 0. The minimum Gasteiger partial charge on any atom is -0.475 e. The molecule has 1 unspecified atom stereocenters. The molecule has 0 aliphatic carbocycles. The van der Waals surface area contributed by atoms with Crippen LogP contribution in [-0.2, 0) is 0 Å². The van der Waals surface area contributed by atoms with Crippen molar-refractivity contribution in [3.8, 4) is 11.8 Å². The number of nitrogens with zero attached hydrogens (tertiary/aromatic N) is 2. The Bertz CT molecular complexity index is 437. The minimum atomic E-state index is -0.569. The fraction of sp³-hybridized carbons (Fsp3) is 0.364. The lowest BCUT2D eigenvalue weighted by molar-refractivity contribution is -0.385. The van der Waals surface area contributed by atoms with Crippen molar-refractivity contribution in [2.24, 2.45) is 0 Å². The van der Waals surface area contributed by atoms with Gasteiger partial charge >= 0.3 is 0 Å². The molecule has 0 aliphatic rings. The van der Waals surface area contributed by atoms with Gasteiger partial charge in [0, 0.05) is 6.07 Å². The number of nitro benzene ring substituents is 1. The smallest absolute Gasteiger partial charge is 0.273 e. The van der Waals surface area contributed by atoms with Crippen LogP contribution in [0.3, 0.4) is 0 Å². The van der Waals surface area contributed by atoms with Crippen molar-refractivity contribution in [2.45, 2.75) is 26.4 Å². The van der Waals surface area contributed by atoms with Crippen molar-refractivity contribution >= 4 is 5.69 Å². The van der Waals surface area contributed by atoms with Crippen molar-refractivity contribution < 1.29 is 9.66 Å². The number of ether oxygens (including phenoxy) is 1. The summed E-state index contributed by atoms with van der Waals surface area (Å²) in [5.41, 5.74) is 0.743. The maximum absolute atomic E-state index is 10.6. The molecule has 0 saturated heterocycles. The third-order valence-electron chi connectivity index (χ3n) is 2.17. The summed E-state index contributed by atoms with van der Waals surface area (Å²) < 4.78 is 5.37. The highest BCUT2D eigenvalue weighted by molar-refractivity contribution is 5.43. The lowest BCUT2D eigenvalue weighted by Crippen LogP contribution is -2.13. The fourth-order valence-electron chi connectivity index (χ4n) is 1.18. The molecular weight excluding hydrogens is 208 g/mol. The Morgan fingerprint density at radius 3 is 2.81 bits per heavy atom. The molecule has 0 amide bonds. The molecule has 5 nitrogen and oxygen atoms in total. The van der Waals surface area contributed by atoms with E-state index in [9.17, 15) is 10.1 Å². The van der Waals surface area contributed by atoms with Crippen LogP contribution in [-0.4, -0.2) is 11.0 Å². The Kier molecular flexibility index (Phi) is 3.84. The molecule has 5 heteroatoms. The van der Waals surface area contributed by atoms with Crippen molar-refractivity contribution in [2.75, 3.05) is 0 Å². The number of nitro groups is 1. The molecule has 16 heavy (non-hydrogen) atoms. The summed E-state index contributed by atoms with van der Waals surface area (Å²) >= 11 is 0. The van der Waals surface area contributed by atoms with Gasteiger partial charge in [-0.3, -0.25) is 10.1 Å². The van der Waals surface area contributed by atoms with E-state index in [1.807, 2.05) is 13.0 Å². The Labute approximate surface area is 93.4 Å². The molecule has 0 fully saturated rings. The van der Waals surface area contributed by atoms with E-state index in [0.717, 1.165) is 5.56 Å². The van der Waals surface area contributed by atoms with Gasteiger partial charge in [0.25, 0.3) is 5.69 Å². The van der Waals surface area contributed by atoms with Gasteiger partial charge in [-0.1, -0.05) is 6.92 Å². The van der Waals surface area contributed by atoms with Gasteiger partial charge in [-0.15, -0.1) is 0 Å². The quantitative estimate of drug-likeness (QED) is 0.577. The van der Waals surface area contributed by atoms with Crippen LogP contribution in [0.4, 0.5) is 5.69 Å². The topological polar surface area (TPSA) is 76.2 Å². The summed E-state index contributed by atoms with van der Waals surface area (Å²) in [7, 11) is 0. The average Bonchev–Trinajstić information content (AvgIpc) is 2.27. The van der Waals surface area contributed by atoms with E-state index in [-0.39, 0.29) is 5.69 Å². The van der Waals surface area contributed by atoms with E-state index in [1.165, 1.54) is 12.1 Å². The molecule has 0 N–H and O–H groups in total. The van der Waals surface area contributed by atoms with Crippen molar-refractivity contribution in [1.82, 2.24) is 0 Å². The zero-order valence-corrected chi connectivity index (χ0v) is 9.14. The van der Waals surface area contributed by atoms with E-state index >= 15 is 0 Å². The summed E-state index contributed by atoms with van der Waals surface area (Å²) in [4.78, 5) is 10.1. The first-order chi connectivity index (χ1) is 7.58. The van der Waals surface area contributed by atoms with Gasteiger partial charge in [0.05, 0.1) is 11.0 Å². The Morgan fingerprint density at radius 1 is 1.62 bits per heavy atom. The molecule has 84 valence electrons. The summed E-state index contributed by atoms with van der Waals surface area (Å²) in [5, 5.41) is 19.3. The van der Waals surface area contributed by atoms with Gasteiger partial charge in [0.2, 0.25) is 0 Å². The molecule has 1 aromatic rings. The number of nitriles is 1. The highest BCUT2D eigenvalue weighted by Crippen LogP contribution is 2.25. The molecule has 0 radical (unpaired) electrons. The number of hydrogen-bond acceptors (Lipinski definition) is 4. The lowest BCUT2D eigenvalue weighted by Gasteiger charge is -2.12. The number of rotatable bonds is 4. The molecule has 1 aromatic carbocycles. The average molecular weight is 220 g/mol. The van der Waals surface area contributed by atoms with E-state index < -0.39 is 11.0 Å². The van der Waals surface area contributed by atoms with E-state index in [0.29, 0.717) is 12.2 Å². The standard InChI is InChI=1S/C11H12N2O3/c1-3-10(7-12)16-11-6-9(13(14)15)5-4-8(11)2/h4-6,10H,3H2,1-2H3. The normalized spacial score (nSPS) is 11.6. The predicted octanol–water partition coefficient (Wildman–Crippen LogP) is 2.58. The molecule has 0 bridgehead atoms. The second-order valence-electron chi connectivity index (χ2n) is 3.35. The van der Waals surface area contributed by atoms with Crippen LogP contribution in [0.25, 0.3) is 0 Å². The van der Waals surface area contributed by atoms with Gasteiger partial charge in [-0.05, 0) is 25.0 Å². The fourth-order valence-corrected chi connectivity index (χ4v) is 1.18. The van der Waals surface area contributed by atoms with E-state index in [1.54, 1.807) is 13.0 Å². The van der Waals surface area contributed by atoms with Gasteiger partial charge in [-0.25, -0.2) is 0 Å². The summed E-state index contributed by atoms with van der Waals surface area (Å²) in [6.45, 7) is 3.60. The first kappa shape index (κ1) is 12.0. The molecule has 0 heterocycles. The van der Waals surface area contributed by atoms with Crippen LogP contribution in [0.15, 0.2) is 18.2 Å². The summed E-state index contributed by atoms with van der Waals surface area (Å²) in [5.74, 6) is 0.391. The second-order valence-corrected chi connectivity index (χ2v) is 3.35. The second kappa shape index (κ2) is 5.12. The van der Waals surface area contributed by atoms with E-state index in [2.05, 4.69) is 0 Å². The predicted molar refractivity (Wildman–Crippen MR) is 58.2 cm³/mol. The molecule has 1 rings (SSSR count). The highest BCUT2D eigenvalue weighted by atomic mass is 16.6. The third kappa shape index (κ3) is 2.70. The number of non-ortho nitro benzene ring substituents is 1. The van der Waals surface area contributed by atoms with Crippen LogP contribution in [0.1, 0.15) is 18.9 Å². The monoisotopic (exact) mass is 220 g/mol. The molecule has 0 saturated carbocycles. The van der Waals surface area contributed by atoms with Gasteiger partial charge < -0.3 is 4.74 Å². The Morgan fingerprint density at radius 2 is 2.31 bits per heavy atom. The van der Waals surface area contributed by atoms with Crippen molar-refractivity contribution in [3.05, 3.63) is 33.9 Å². The maximum Gasteiger partial charge on any atom is 0.273 e. The molecule has 0 spiro atoms. The summed E-state index contributed by atoms with van der Waals surface area (Å²) in [6.07, 6.45) is -0.0285. The van der Waals surface area contributed by atoms with Crippen LogP contribution in [0.5, 0.6) is 5.75 Å². The largest absolute Gasteiger partial charge is 0.475 e. The van der Waals surface area contributed by atoms with Gasteiger partial charge in [-0.2, -0.15) is 5.26 Å². The van der Waals surface area contributed by atoms with Crippen LogP contribution in [0, 0.1) is 28.4 Å². The van der Waals surface area contributed by atoms with Crippen LogP contribution in [0.2, 0.25) is 0 Å². The molecule has 0 aliphatic heterocycles. The zero-order valence-electron chi connectivity index (χ0n) is 9.14. The first-order valence-corrected chi connectivity index (χ1v) is 4.89. The molecular formula is C11H12N2O3. The van der Waals surface area contributed by atoms with E-state index in [4.69, 9.17) is 10.00 Å². The Balaban J connectivity index is 2.99. The molecule has 0 aromatic heterocycles. The summed E-state index contributed by atoms with van der Waals surface area (Å²) in [6, 6.07) is 6.35. The lowest BCUT2D eigenvalue weighted by atomic mass is 10.2. The SMILES string of the molecule is CCC(C#N)Oc1cc([N+](=O)[O-])ccc1C. The van der Waals surface area contributed by atoms with Gasteiger partial charge in [0.1, 0.15) is 11.8 Å². The zero-order chi connectivity index (χ0) is 12.1. The molecule has 1 atom stereocenters.